The van der Waals surface area contributed by atoms with Crippen LogP contribution in [-0.2, 0) is 0 Å². The minimum Gasteiger partial charge on any atom is -0.461 e. The van der Waals surface area contributed by atoms with Gasteiger partial charge < -0.3 is 4.74 Å². The molecule has 19 heavy (non-hydrogen) atoms. The number of hydrogen-bond acceptors (Lipinski definition) is 6. The molecule has 0 aliphatic heterocycles. The summed E-state index contributed by atoms with van der Waals surface area (Å²) in [7, 11) is 0. The Morgan fingerprint density at radius 2 is 1.95 bits per heavy atom. The van der Waals surface area contributed by atoms with Crippen LogP contribution < -0.4 is 4.74 Å². The summed E-state index contributed by atoms with van der Waals surface area (Å²) in [5.41, 5.74) is 0. The summed E-state index contributed by atoms with van der Waals surface area (Å²) >= 11 is 12.9. The highest BCUT2D eigenvalue weighted by Crippen LogP contribution is 2.25. The average Bonchev–Trinajstić information content (AvgIpc) is 2.30. The van der Waals surface area contributed by atoms with Gasteiger partial charge in [0.1, 0.15) is 5.03 Å². The summed E-state index contributed by atoms with van der Waals surface area (Å²) in [4.78, 5) is 16.2. The first-order valence-corrected chi connectivity index (χ1v) is 6.98. The molecule has 0 saturated carbocycles. The number of nitrogens with zero attached hydrogens (tertiary/aromatic N) is 4. The Hall–Kier alpha value is -1.11. The SMILES string of the molecule is CC(C)Oc1nc(Cl)nc(Sc2ccc(Cl)cn2)n1. The standard InChI is InChI=1S/C11H10Cl2N4OS/c1-6(2)18-10-15-9(13)16-11(17-10)19-8-4-3-7(12)5-14-8/h3-6H,1-2H3. The fourth-order valence-corrected chi connectivity index (χ4v) is 2.14. The van der Waals surface area contributed by atoms with Crippen LogP contribution in [0.25, 0.3) is 0 Å². The molecule has 0 aliphatic rings. The van der Waals surface area contributed by atoms with Crippen LogP contribution in [0.5, 0.6) is 6.01 Å². The summed E-state index contributed by atoms with van der Waals surface area (Å²) < 4.78 is 5.39. The van der Waals surface area contributed by atoms with Gasteiger partial charge in [0.15, 0.2) is 0 Å². The molecule has 0 unspecified atom stereocenters. The molecule has 0 N–H and O–H groups in total. The minimum atomic E-state index is -0.0371. The molecule has 2 aromatic rings. The maximum Gasteiger partial charge on any atom is 0.322 e. The van der Waals surface area contributed by atoms with Crippen LogP contribution in [0.2, 0.25) is 10.3 Å². The van der Waals surface area contributed by atoms with Crippen molar-refractivity contribution in [1.82, 2.24) is 19.9 Å². The van der Waals surface area contributed by atoms with Crippen LogP contribution in [0.15, 0.2) is 28.5 Å². The van der Waals surface area contributed by atoms with Crippen molar-refractivity contribution >= 4 is 35.0 Å². The molecule has 8 heteroatoms. The van der Waals surface area contributed by atoms with Crippen molar-refractivity contribution in [3.63, 3.8) is 0 Å². The molecule has 0 bridgehead atoms. The Morgan fingerprint density at radius 3 is 2.58 bits per heavy atom. The lowest BCUT2D eigenvalue weighted by molar-refractivity contribution is 0.219. The molecule has 5 nitrogen and oxygen atoms in total. The van der Waals surface area contributed by atoms with Gasteiger partial charge in [-0.05, 0) is 49.3 Å². The first kappa shape index (κ1) is 14.3. The molecule has 0 atom stereocenters. The van der Waals surface area contributed by atoms with Crippen LogP contribution in [0.3, 0.4) is 0 Å². The number of pyridine rings is 1. The zero-order valence-electron chi connectivity index (χ0n) is 10.2. The van der Waals surface area contributed by atoms with E-state index in [1.807, 2.05) is 13.8 Å². The molecule has 2 aromatic heterocycles. The van der Waals surface area contributed by atoms with E-state index < -0.39 is 0 Å². The first-order chi connectivity index (χ1) is 9.02. The van der Waals surface area contributed by atoms with Gasteiger partial charge in [0, 0.05) is 6.20 Å². The average molecular weight is 317 g/mol. The Kier molecular flexibility index (Phi) is 4.79. The predicted octanol–water partition coefficient (Wildman–Crippen LogP) is 3.51. The highest BCUT2D eigenvalue weighted by Gasteiger charge is 2.09. The molecule has 2 heterocycles. The molecule has 0 aliphatic carbocycles. The van der Waals surface area contributed by atoms with Crippen LogP contribution in [0.1, 0.15) is 13.8 Å². The van der Waals surface area contributed by atoms with Crippen LogP contribution in [0, 0.1) is 0 Å². The van der Waals surface area contributed by atoms with Crippen molar-refractivity contribution < 1.29 is 4.74 Å². The zero-order chi connectivity index (χ0) is 13.8. The Labute approximate surface area is 124 Å². The van der Waals surface area contributed by atoms with Crippen molar-refractivity contribution in [2.24, 2.45) is 0 Å². The Morgan fingerprint density at radius 1 is 1.16 bits per heavy atom. The number of aromatic nitrogens is 4. The zero-order valence-corrected chi connectivity index (χ0v) is 12.5. The fraction of sp³-hybridized carbons (Fsp3) is 0.273. The Balaban J connectivity index is 2.19. The lowest BCUT2D eigenvalue weighted by Crippen LogP contribution is -2.09. The topological polar surface area (TPSA) is 60.8 Å². The van der Waals surface area contributed by atoms with Gasteiger partial charge in [-0.2, -0.15) is 15.0 Å². The van der Waals surface area contributed by atoms with E-state index in [4.69, 9.17) is 27.9 Å². The molecule has 0 saturated heterocycles. The third-order valence-corrected chi connectivity index (χ3v) is 3.01. The third-order valence-electron chi connectivity index (χ3n) is 1.80. The minimum absolute atomic E-state index is 0.0371. The van der Waals surface area contributed by atoms with Crippen molar-refractivity contribution in [2.75, 3.05) is 0 Å². The molecular weight excluding hydrogens is 307 g/mol. The summed E-state index contributed by atoms with van der Waals surface area (Å²) in [6, 6.07) is 3.71. The van der Waals surface area contributed by atoms with Gasteiger partial charge in [-0.3, -0.25) is 0 Å². The number of rotatable bonds is 4. The van der Waals surface area contributed by atoms with Crippen LogP contribution in [0.4, 0.5) is 0 Å². The molecule has 100 valence electrons. The molecule has 2 rings (SSSR count). The van der Waals surface area contributed by atoms with E-state index in [9.17, 15) is 0 Å². The largest absolute Gasteiger partial charge is 0.461 e. The molecule has 0 spiro atoms. The smallest absolute Gasteiger partial charge is 0.322 e. The second-order valence-electron chi connectivity index (χ2n) is 3.75. The lowest BCUT2D eigenvalue weighted by Gasteiger charge is -2.08. The van der Waals surface area contributed by atoms with Gasteiger partial charge in [-0.1, -0.05) is 11.6 Å². The highest BCUT2D eigenvalue weighted by molar-refractivity contribution is 7.99. The van der Waals surface area contributed by atoms with E-state index in [-0.39, 0.29) is 17.4 Å². The first-order valence-electron chi connectivity index (χ1n) is 5.40. The second kappa shape index (κ2) is 6.36. The normalized spacial score (nSPS) is 10.8. The van der Waals surface area contributed by atoms with E-state index in [1.165, 1.54) is 11.8 Å². The third kappa shape index (κ3) is 4.49. The van der Waals surface area contributed by atoms with Crippen molar-refractivity contribution in [3.05, 3.63) is 28.6 Å². The molecule has 0 aromatic carbocycles. The van der Waals surface area contributed by atoms with Crippen molar-refractivity contribution in [1.29, 1.82) is 0 Å². The van der Waals surface area contributed by atoms with Crippen molar-refractivity contribution in [3.8, 4) is 6.01 Å². The molecule has 0 radical (unpaired) electrons. The predicted molar refractivity (Wildman–Crippen MR) is 74.0 cm³/mol. The van der Waals surface area contributed by atoms with E-state index in [0.717, 1.165) is 0 Å². The molecule has 0 fully saturated rings. The monoisotopic (exact) mass is 316 g/mol. The van der Waals surface area contributed by atoms with E-state index in [0.29, 0.717) is 15.2 Å². The van der Waals surface area contributed by atoms with Crippen LogP contribution in [-0.4, -0.2) is 26.0 Å². The van der Waals surface area contributed by atoms with E-state index >= 15 is 0 Å². The summed E-state index contributed by atoms with van der Waals surface area (Å²) in [5.74, 6) is 0. The molecular formula is C11H10Cl2N4OS. The van der Waals surface area contributed by atoms with Crippen molar-refractivity contribution in [2.45, 2.75) is 30.1 Å². The summed E-state index contributed by atoms with van der Waals surface area (Å²) in [5, 5.41) is 1.79. The highest BCUT2D eigenvalue weighted by atomic mass is 35.5. The van der Waals surface area contributed by atoms with Gasteiger partial charge in [-0.15, -0.1) is 0 Å². The number of hydrogen-bond donors (Lipinski definition) is 0. The number of halogens is 2. The maximum atomic E-state index is 5.83. The fourth-order valence-electron chi connectivity index (χ4n) is 1.14. The van der Waals surface area contributed by atoms with Gasteiger partial charge in [0.05, 0.1) is 11.1 Å². The quantitative estimate of drug-likeness (QED) is 0.860. The van der Waals surface area contributed by atoms with Gasteiger partial charge >= 0.3 is 6.01 Å². The van der Waals surface area contributed by atoms with Crippen LogP contribution >= 0.6 is 35.0 Å². The number of ether oxygens (including phenoxy) is 1. The maximum absolute atomic E-state index is 5.83. The Bertz CT molecular complexity index is 565. The summed E-state index contributed by atoms with van der Waals surface area (Å²) in [6.45, 7) is 3.76. The van der Waals surface area contributed by atoms with E-state index in [2.05, 4.69) is 19.9 Å². The van der Waals surface area contributed by atoms with Gasteiger partial charge in [-0.25, -0.2) is 4.98 Å². The molecule has 0 amide bonds. The van der Waals surface area contributed by atoms with E-state index in [1.54, 1.807) is 18.3 Å². The second-order valence-corrected chi connectivity index (χ2v) is 5.51. The lowest BCUT2D eigenvalue weighted by atomic mass is 10.5. The summed E-state index contributed by atoms with van der Waals surface area (Å²) in [6.07, 6.45) is 1.52. The van der Waals surface area contributed by atoms with Gasteiger partial charge in [0.2, 0.25) is 10.4 Å². The van der Waals surface area contributed by atoms with Gasteiger partial charge in [0.25, 0.3) is 0 Å².